The molecule has 0 radical (unpaired) electrons. The first-order valence-electron chi connectivity index (χ1n) is 8.96. The van der Waals surface area contributed by atoms with Gasteiger partial charge < -0.3 is 9.47 Å². The molecule has 30 heavy (non-hydrogen) atoms. The van der Waals surface area contributed by atoms with Crippen molar-refractivity contribution in [3.63, 3.8) is 0 Å². The van der Waals surface area contributed by atoms with Crippen LogP contribution >= 0.6 is 0 Å². The number of benzene rings is 2. The lowest BCUT2D eigenvalue weighted by Gasteiger charge is -2.19. The smallest absolute Gasteiger partial charge is 0.240 e. The Balaban J connectivity index is 1.64. The molecule has 156 valence electrons. The quantitative estimate of drug-likeness (QED) is 0.593. The van der Waals surface area contributed by atoms with Gasteiger partial charge >= 0.3 is 0 Å². The predicted octanol–water partition coefficient (Wildman–Crippen LogP) is 2.30. The molecule has 1 aliphatic rings. The largest absolute Gasteiger partial charge is 0.454 e. The van der Waals surface area contributed by atoms with Crippen LogP contribution in [0.25, 0.3) is 0 Å². The number of hydrogen-bond acceptors (Lipinski definition) is 7. The summed E-state index contributed by atoms with van der Waals surface area (Å²) in [4.78, 5) is 4.03. The van der Waals surface area contributed by atoms with Crippen LogP contribution in [0.1, 0.15) is 10.8 Å². The van der Waals surface area contributed by atoms with E-state index < -0.39 is 25.1 Å². The Morgan fingerprint density at radius 3 is 2.40 bits per heavy atom. The Bertz CT molecular complexity index is 1250. The maximum absolute atomic E-state index is 13.2. The molecule has 0 aliphatic carbocycles. The number of sulfone groups is 1. The number of nitrogens with one attached hydrogen (secondary N) is 1. The lowest BCUT2D eigenvalue weighted by molar-refractivity contribution is 0.174. The zero-order valence-corrected chi connectivity index (χ0v) is 17.3. The molecule has 8 nitrogen and oxygen atoms in total. The van der Waals surface area contributed by atoms with E-state index in [-0.39, 0.29) is 23.1 Å². The monoisotopic (exact) mass is 446 g/mol. The highest BCUT2D eigenvalue weighted by atomic mass is 32.2. The molecule has 3 aromatic rings. The van der Waals surface area contributed by atoms with Gasteiger partial charge in [-0.05, 0) is 35.9 Å². The molecule has 0 spiro atoms. The van der Waals surface area contributed by atoms with Gasteiger partial charge in [-0.3, -0.25) is 4.98 Å². The van der Waals surface area contributed by atoms with E-state index in [1.54, 1.807) is 30.3 Å². The first-order valence-corrected chi connectivity index (χ1v) is 12.0. The number of rotatable bonds is 7. The van der Waals surface area contributed by atoms with Crippen LogP contribution in [-0.2, 0) is 19.9 Å². The number of nitrogens with zero attached hydrogens (tertiary/aromatic N) is 1. The fraction of sp³-hybridized carbons (Fsp3) is 0.150. The molecule has 2 aromatic carbocycles. The number of sulfonamides is 1. The fourth-order valence-corrected chi connectivity index (χ4v) is 5.89. The van der Waals surface area contributed by atoms with Crippen LogP contribution in [-0.4, -0.2) is 35.2 Å². The average molecular weight is 447 g/mol. The van der Waals surface area contributed by atoms with Crippen molar-refractivity contribution in [3.8, 4) is 11.5 Å². The minimum Gasteiger partial charge on any atom is -0.454 e. The highest BCUT2D eigenvalue weighted by molar-refractivity contribution is 7.92. The van der Waals surface area contributed by atoms with Crippen LogP contribution in [0.15, 0.2) is 82.8 Å². The summed E-state index contributed by atoms with van der Waals surface area (Å²) in [6.07, 6.45) is 2.94. The molecule has 2 heterocycles. The second kappa shape index (κ2) is 8.05. The zero-order chi connectivity index (χ0) is 21.2. The second-order valence-electron chi connectivity index (χ2n) is 6.50. The SMILES string of the molecule is O=S(=O)(NCC(c1cccnc1)S(=O)(=O)c1ccccc1)c1ccc2c(c1)OCO2. The first-order chi connectivity index (χ1) is 14.4. The molecule has 0 amide bonds. The van der Waals surface area contributed by atoms with Crippen molar-refractivity contribution in [3.05, 3.63) is 78.6 Å². The van der Waals surface area contributed by atoms with Crippen molar-refractivity contribution in [2.45, 2.75) is 15.0 Å². The lowest BCUT2D eigenvalue weighted by atomic mass is 10.2. The van der Waals surface area contributed by atoms with Gasteiger partial charge in [0, 0.05) is 25.0 Å². The molecule has 1 atom stereocenters. The third-order valence-corrected chi connectivity index (χ3v) is 8.15. The van der Waals surface area contributed by atoms with Crippen molar-refractivity contribution >= 4 is 19.9 Å². The molecule has 10 heteroatoms. The minimum absolute atomic E-state index is 0.0185. The van der Waals surface area contributed by atoms with Gasteiger partial charge in [0.05, 0.1) is 9.79 Å². The third-order valence-electron chi connectivity index (χ3n) is 4.62. The Hall–Kier alpha value is -2.95. The Morgan fingerprint density at radius 1 is 0.900 bits per heavy atom. The van der Waals surface area contributed by atoms with E-state index >= 15 is 0 Å². The van der Waals surface area contributed by atoms with E-state index in [0.717, 1.165) is 0 Å². The molecular formula is C20H18N2O6S2. The number of ether oxygens (including phenoxy) is 2. The molecule has 0 bridgehead atoms. The zero-order valence-electron chi connectivity index (χ0n) is 15.6. The fourth-order valence-electron chi connectivity index (χ4n) is 3.06. The van der Waals surface area contributed by atoms with Crippen LogP contribution in [0.3, 0.4) is 0 Å². The van der Waals surface area contributed by atoms with E-state index in [1.165, 1.54) is 42.7 Å². The van der Waals surface area contributed by atoms with Gasteiger partial charge in [-0.1, -0.05) is 24.3 Å². The Kier molecular flexibility index (Phi) is 5.46. The third kappa shape index (κ3) is 4.02. The van der Waals surface area contributed by atoms with Crippen LogP contribution in [0.5, 0.6) is 11.5 Å². The first kappa shape index (κ1) is 20.3. The van der Waals surface area contributed by atoms with Gasteiger partial charge in [0.1, 0.15) is 5.25 Å². The summed E-state index contributed by atoms with van der Waals surface area (Å²) in [5.41, 5.74) is 0.384. The van der Waals surface area contributed by atoms with E-state index in [9.17, 15) is 16.8 Å². The van der Waals surface area contributed by atoms with Crippen LogP contribution < -0.4 is 14.2 Å². The highest BCUT2D eigenvalue weighted by Gasteiger charge is 2.31. The van der Waals surface area contributed by atoms with Crippen molar-refractivity contribution in [1.29, 1.82) is 0 Å². The Labute approximate surface area is 174 Å². The van der Waals surface area contributed by atoms with Gasteiger partial charge in [0.2, 0.25) is 16.8 Å². The molecule has 1 N–H and O–H groups in total. The summed E-state index contributed by atoms with van der Waals surface area (Å²) in [6, 6.07) is 15.3. The van der Waals surface area contributed by atoms with E-state index in [1.807, 2.05) is 0 Å². The van der Waals surface area contributed by atoms with Crippen LogP contribution in [0, 0.1) is 0 Å². The van der Waals surface area contributed by atoms with E-state index in [0.29, 0.717) is 17.1 Å². The normalized spacial score (nSPS) is 14.4. The van der Waals surface area contributed by atoms with Crippen LogP contribution in [0.2, 0.25) is 0 Å². The predicted molar refractivity (Wildman–Crippen MR) is 108 cm³/mol. The number of fused-ring (bicyclic) bond motifs is 1. The van der Waals surface area contributed by atoms with Crippen LogP contribution in [0.4, 0.5) is 0 Å². The molecule has 0 saturated carbocycles. The van der Waals surface area contributed by atoms with E-state index in [2.05, 4.69) is 9.71 Å². The van der Waals surface area contributed by atoms with Gasteiger partial charge in [-0.25, -0.2) is 21.6 Å². The number of aromatic nitrogens is 1. The number of pyridine rings is 1. The average Bonchev–Trinajstić information content (AvgIpc) is 3.23. The molecule has 1 aromatic heterocycles. The van der Waals surface area contributed by atoms with Gasteiger partial charge in [-0.15, -0.1) is 0 Å². The molecular weight excluding hydrogens is 428 g/mol. The molecule has 4 rings (SSSR count). The van der Waals surface area contributed by atoms with Crippen molar-refractivity contribution < 1.29 is 26.3 Å². The van der Waals surface area contributed by atoms with Gasteiger partial charge in [-0.2, -0.15) is 0 Å². The summed E-state index contributed by atoms with van der Waals surface area (Å²) in [5.74, 6) is 0.771. The topological polar surface area (TPSA) is 112 Å². The highest BCUT2D eigenvalue weighted by Crippen LogP contribution is 2.34. The maximum Gasteiger partial charge on any atom is 0.240 e. The maximum atomic E-state index is 13.2. The minimum atomic E-state index is -4.00. The second-order valence-corrected chi connectivity index (χ2v) is 10.4. The van der Waals surface area contributed by atoms with E-state index in [4.69, 9.17) is 9.47 Å². The summed E-state index contributed by atoms with van der Waals surface area (Å²) in [6.45, 7) is -0.343. The standard InChI is InChI=1S/C20H18N2O6S2/c23-29(24,16-6-2-1-3-7-16)20(15-5-4-10-21-12-15)13-22-30(25,26)17-8-9-18-19(11-17)28-14-27-18/h1-12,20,22H,13-14H2. The lowest BCUT2D eigenvalue weighted by Crippen LogP contribution is -2.32. The molecule has 1 aliphatic heterocycles. The number of hydrogen-bond donors (Lipinski definition) is 1. The molecule has 0 saturated heterocycles. The summed E-state index contributed by atoms with van der Waals surface area (Å²) in [5, 5.41) is -1.16. The Morgan fingerprint density at radius 2 is 1.67 bits per heavy atom. The van der Waals surface area contributed by atoms with Crippen molar-refractivity contribution in [1.82, 2.24) is 9.71 Å². The van der Waals surface area contributed by atoms with Crippen molar-refractivity contribution in [2.75, 3.05) is 13.3 Å². The summed E-state index contributed by atoms with van der Waals surface area (Å²) in [7, 11) is -7.88. The molecule has 1 unspecified atom stereocenters. The molecule has 0 fully saturated rings. The summed E-state index contributed by atoms with van der Waals surface area (Å²) >= 11 is 0. The van der Waals surface area contributed by atoms with Crippen molar-refractivity contribution in [2.24, 2.45) is 0 Å². The summed E-state index contributed by atoms with van der Waals surface area (Å²) < 4.78 is 64.9. The van der Waals surface area contributed by atoms with Gasteiger partial charge in [0.15, 0.2) is 21.3 Å². The van der Waals surface area contributed by atoms with Gasteiger partial charge in [0.25, 0.3) is 0 Å².